The zero-order chi connectivity index (χ0) is 14.1. The first-order chi connectivity index (χ1) is 9.65. The number of hydrogen-bond donors (Lipinski definition) is 0. The predicted molar refractivity (Wildman–Crippen MR) is 89.1 cm³/mol. The fourth-order valence-corrected chi connectivity index (χ4v) is 4.28. The van der Waals surface area contributed by atoms with Crippen LogP contribution in [0, 0.1) is 13.8 Å². The van der Waals surface area contributed by atoms with E-state index in [1.165, 1.54) is 33.0 Å². The number of anilines is 1. The summed E-state index contributed by atoms with van der Waals surface area (Å²) in [7, 11) is 2.21. The van der Waals surface area contributed by atoms with Crippen LogP contribution < -0.4 is 4.90 Å². The summed E-state index contributed by atoms with van der Waals surface area (Å²) in [5.74, 6) is 1.84. The minimum absolute atomic E-state index is 0.641. The molecule has 0 aromatic heterocycles. The van der Waals surface area contributed by atoms with Crippen molar-refractivity contribution in [2.75, 3.05) is 24.2 Å². The van der Waals surface area contributed by atoms with Crippen molar-refractivity contribution in [1.82, 2.24) is 0 Å². The van der Waals surface area contributed by atoms with Gasteiger partial charge in [0, 0.05) is 35.8 Å². The zero-order valence-electron chi connectivity index (χ0n) is 12.4. The number of hydrogen-bond acceptors (Lipinski definition) is 2. The lowest BCUT2D eigenvalue weighted by molar-refractivity contribution is 0.743. The van der Waals surface area contributed by atoms with E-state index in [0.717, 1.165) is 6.54 Å². The molecular formula is C18H21NS. The second-order valence-corrected chi connectivity index (χ2v) is 6.78. The number of thioether (sulfide) groups is 1. The molecule has 104 valence electrons. The van der Waals surface area contributed by atoms with E-state index in [4.69, 9.17) is 0 Å². The summed E-state index contributed by atoms with van der Waals surface area (Å²) >= 11 is 1.99. The molecule has 2 aromatic rings. The van der Waals surface area contributed by atoms with E-state index in [-0.39, 0.29) is 0 Å². The molecule has 1 atom stereocenters. The topological polar surface area (TPSA) is 3.24 Å². The maximum absolute atomic E-state index is 2.40. The first kappa shape index (κ1) is 13.6. The third-order valence-corrected chi connectivity index (χ3v) is 5.31. The van der Waals surface area contributed by atoms with Crippen LogP contribution in [0.3, 0.4) is 0 Å². The lowest BCUT2D eigenvalue weighted by atomic mass is 10.0. The lowest BCUT2D eigenvalue weighted by Gasteiger charge is -2.25. The van der Waals surface area contributed by atoms with E-state index in [9.17, 15) is 0 Å². The van der Waals surface area contributed by atoms with Crippen molar-refractivity contribution in [2.24, 2.45) is 0 Å². The first-order valence-corrected chi connectivity index (χ1v) is 8.14. The quantitative estimate of drug-likeness (QED) is 0.808. The SMILES string of the molecule is Cc1ccc(N(C)CC2CSc3ccccc32)c(C)c1. The summed E-state index contributed by atoms with van der Waals surface area (Å²) in [6.07, 6.45) is 0. The summed E-state index contributed by atoms with van der Waals surface area (Å²) in [6, 6.07) is 15.6. The lowest BCUT2D eigenvalue weighted by Crippen LogP contribution is -2.25. The molecule has 0 radical (unpaired) electrons. The van der Waals surface area contributed by atoms with Crippen molar-refractivity contribution in [3.05, 3.63) is 59.2 Å². The molecule has 1 nitrogen and oxygen atoms in total. The maximum Gasteiger partial charge on any atom is 0.0393 e. The van der Waals surface area contributed by atoms with Crippen molar-refractivity contribution in [2.45, 2.75) is 24.7 Å². The molecule has 2 heteroatoms. The Morgan fingerprint density at radius 2 is 1.95 bits per heavy atom. The van der Waals surface area contributed by atoms with E-state index in [1.807, 2.05) is 11.8 Å². The van der Waals surface area contributed by atoms with Crippen LogP contribution in [0.15, 0.2) is 47.4 Å². The molecule has 20 heavy (non-hydrogen) atoms. The number of rotatable bonds is 3. The van der Waals surface area contributed by atoms with Gasteiger partial charge < -0.3 is 4.90 Å². The second-order valence-electron chi connectivity index (χ2n) is 5.72. The Hall–Kier alpha value is -1.41. The highest BCUT2D eigenvalue weighted by molar-refractivity contribution is 7.99. The minimum Gasteiger partial charge on any atom is -0.374 e. The van der Waals surface area contributed by atoms with Gasteiger partial charge in [0.25, 0.3) is 0 Å². The molecule has 1 aliphatic heterocycles. The van der Waals surface area contributed by atoms with Crippen LogP contribution in [0.1, 0.15) is 22.6 Å². The molecule has 0 saturated carbocycles. The molecule has 0 bridgehead atoms. The predicted octanol–water partition coefficient (Wildman–Crippen LogP) is 4.63. The van der Waals surface area contributed by atoms with Gasteiger partial charge in [0.15, 0.2) is 0 Å². The molecule has 0 saturated heterocycles. The first-order valence-electron chi connectivity index (χ1n) is 7.15. The average Bonchev–Trinajstić information content (AvgIpc) is 2.82. The number of benzene rings is 2. The second kappa shape index (κ2) is 5.53. The highest BCUT2D eigenvalue weighted by Crippen LogP contribution is 2.40. The number of nitrogens with zero attached hydrogens (tertiary/aromatic N) is 1. The van der Waals surface area contributed by atoms with E-state index in [1.54, 1.807) is 0 Å². The van der Waals surface area contributed by atoms with Crippen molar-refractivity contribution < 1.29 is 0 Å². The van der Waals surface area contributed by atoms with E-state index in [2.05, 4.69) is 68.3 Å². The summed E-state index contributed by atoms with van der Waals surface area (Å²) in [4.78, 5) is 3.87. The van der Waals surface area contributed by atoms with Gasteiger partial charge in [0.1, 0.15) is 0 Å². The molecule has 2 aromatic carbocycles. The average molecular weight is 283 g/mol. The van der Waals surface area contributed by atoms with E-state index >= 15 is 0 Å². The zero-order valence-corrected chi connectivity index (χ0v) is 13.2. The summed E-state index contributed by atoms with van der Waals surface area (Å²) in [5, 5.41) is 0. The van der Waals surface area contributed by atoms with Crippen molar-refractivity contribution in [1.29, 1.82) is 0 Å². The van der Waals surface area contributed by atoms with Gasteiger partial charge >= 0.3 is 0 Å². The molecule has 1 heterocycles. The fourth-order valence-electron chi connectivity index (χ4n) is 3.04. The molecule has 0 N–H and O–H groups in total. The molecule has 1 aliphatic rings. The summed E-state index contributed by atoms with van der Waals surface area (Å²) in [5.41, 5.74) is 5.58. The van der Waals surface area contributed by atoms with Gasteiger partial charge in [-0.2, -0.15) is 0 Å². The van der Waals surface area contributed by atoms with Crippen LogP contribution >= 0.6 is 11.8 Å². The van der Waals surface area contributed by atoms with Crippen LogP contribution in [0.25, 0.3) is 0 Å². The number of fused-ring (bicyclic) bond motifs is 1. The number of aryl methyl sites for hydroxylation is 2. The van der Waals surface area contributed by atoms with Crippen molar-refractivity contribution in [3.63, 3.8) is 0 Å². The molecule has 0 aliphatic carbocycles. The Kier molecular flexibility index (Phi) is 3.75. The number of likely N-dealkylation sites (N-methyl/N-ethyl adjacent to an activating group) is 1. The van der Waals surface area contributed by atoms with E-state index < -0.39 is 0 Å². The molecular weight excluding hydrogens is 262 g/mol. The van der Waals surface area contributed by atoms with Crippen LogP contribution in [0.2, 0.25) is 0 Å². The fraction of sp³-hybridized carbons (Fsp3) is 0.333. The van der Waals surface area contributed by atoms with Gasteiger partial charge in [0.2, 0.25) is 0 Å². The van der Waals surface area contributed by atoms with Gasteiger partial charge in [-0.3, -0.25) is 0 Å². The monoisotopic (exact) mass is 283 g/mol. The minimum atomic E-state index is 0.641. The Bertz CT molecular complexity index is 621. The molecule has 0 spiro atoms. The van der Waals surface area contributed by atoms with E-state index in [0.29, 0.717) is 5.92 Å². The Morgan fingerprint density at radius 1 is 1.15 bits per heavy atom. The Morgan fingerprint density at radius 3 is 2.75 bits per heavy atom. The highest BCUT2D eigenvalue weighted by atomic mass is 32.2. The van der Waals surface area contributed by atoms with Gasteiger partial charge in [0.05, 0.1) is 0 Å². The Labute approximate surface area is 126 Å². The van der Waals surface area contributed by atoms with Crippen molar-refractivity contribution in [3.8, 4) is 0 Å². The van der Waals surface area contributed by atoms with Crippen LogP contribution in [-0.4, -0.2) is 19.3 Å². The van der Waals surface area contributed by atoms with Crippen molar-refractivity contribution >= 4 is 17.4 Å². The molecule has 0 amide bonds. The normalized spacial score (nSPS) is 17.1. The summed E-state index contributed by atoms with van der Waals surface area (Å²) < 4.78 is 0. The Balaban J connectivity index is 1.79. The highest BCUT2D eigenvalue weighted by Gasteiger charge is 2.24. The smallest absolute Gasteiger partial charge is 0.0393 e. The van der Waals surface area contributed by atoms with Crippen LogP contribution in [0.5, 0.6) is 0 Å². The molecule has 0 fully saturated rings. The van der Waals surface area contributed by atoms with Gasteiger partial charge in [-0.15, -0.1) is 11.8 Å². The molecule has 3 rings (SSSR count). The summed E-state index contributed by atoms with van der Waals surface area (Å²) in [6.45, 7) is 5.45. The van der Waals surface area contributed by atoms with Gasteiger partial charge in [-0.25, -0.2) is 0 Å². The maximum atomic E-state index is 2.40. The van der Waals surface area contributed by atoms with Gasteiger partial charge in [-0.05, 0) is 37.1 Å². The molecule has 1 unspecified atom stereocenters. The third kappa shape index (κ3) is 2.57. The largest absolute Gasteiger partial charge is 0.374 e. The standard InChI is InChI=1S/C18H21NS/c1-13-8-9-17(14(2)10-13)19(3)11-15-12-20-18-7-5-4-6-16(15)18/h4-10,15H,11-12H2,1-3H3. The van der Waals surface area contributed by atoms with Gasteiger partial charge in [-0.1, -0.05) is 35.9 Å². The third-order valence-electron chi connectivity index (χ3n) is 4.06. The van der Waals surface area contributed by atoms with Crippen LogP contribution in [0.4, 0.5) is 5.69 Å². The van der Waals surface area contributed by atoms with Crippen LogP contribution in [-0.2, 0) is 0 Å².